The molecule has 0 saturated carbocycles. The van der Waals surface area contributed by atoms with E-state index in [-0.39, 0.29) is 27.7 Å². The smallest absolute Gasteiger partial charge is 0.507 e. The normalized spacial score (nSPS) is 12.0. The fraction of sp³-hybridized carbons (Fsp3) is 0. The van der Waals surface area contributed by atoms with Gasteiger partial charge in [-0.25, -0.2) is 4.79 Å². The molecule has 0 saturated heterocycles. The molecule has 0 aliphatic heterocycles. The molecule has 0 bridgehead atoms. The largest absolute Gasteiger partial charge is 0.511 e. The van der Waals surface area contributed by atoms with Crippen LogP contribution in [0.1, 0.15) is 27.0 Å². The molecule has 0 spiro atoms. The van der Waals surface area contributed by atoms with Crippen molar-refractivity contribution in [3.05, 3.63) is 62.6 Å². The van der Waals surface area contributed by atoms with Crippen LogP contribution in [-0.2, 0) is 4.74 Å². The standard InChI is InChI=1S/C16H8Cl2O5/c17-8-1-2-9(12(18)5-8)15(20)11-3-7-4-14(23-16(21)22)10(7)6-13(11)19/h1-6,19H,(H,21,22). The van der Waals surface area contributed by atoms with Gasteiger partial charge in [0.15, 0.2) is 5.78 Å². The molecule has 0 amide bonds. The van der Waals surface area contributed by atoms with Crippen LogP contribution in [0, 0.1) is 0 Å². The molecule has 1 aliphatic carbocycles. The molecule has 116 valence electrons. The van der Waals surface area contributed by atoms with Crippen molar-refractivity contribution in [2.75, 3.05) is 0 Å². The number of phenolic OH excluding ortho intramolecular Hbond substituents is 1. The quantitative estimate of drug-likeness (QED) is 0.631. The zero-order chi connectivity index (χ0) is 16.7. The van der Waals surface area contributed by atoms with Gasteiger partial charge in [0.2, 0.25) is 0 Å². The van der Waals surface area contributed by atoms with Crippen molar-refractivity contribution in [2.24, 2.45) is 0 Å². The number of halogens is 2. The van der Waals surface area contributed by atoms with Gasteiger partial charge in [0.1, 0.15) is 11.5 Å². The van der Waals surface area contributed by atoms with E-state index in [0.29, 0.717) is 16.1 Å². The van der Waals surface area contributed by atoms with Crippen LogP contribution in [0.2, 0.25) is 10.0 Å². The van der Waals surface area contributed by atoms with Gasteiger partial charge in [-0.15, -0.1) is 0 Å². The van der Waals surface area contributed by atoms with Crippen molar-refractivity contribution in [1.29, 1.82) is 0 Å². The van der Waals surface area contributed by atoms with E-state index in [1.54, 1.807) is 0 Å². The van der Waals surface area contributed by atoms with Crippen LogP contribution in [0.5, 0.6) is 5.75 Å². The highest BCUT2D eigenvalue weighted by atomic mass is 35.5. The van der Waals surface area contributed by atoms with Crippen LogP contribution in [0.25, 0.3) is 11.8 Å². The van der Waals surface area contributed by atoms with Crippen molar-refractivity contribution in [1.82, 2.24) is 0 Å². The Kier molecular flexibility index (Phi) is 3.75. The predicted molar refractivity (Wildman–Crippen MR) is 85.0 cm³/mol. The number of hydrogen-bond acceptors (Lipinski definition) is 4. The van der Waals surface area contributed by atoms with Crippen LogP contribution in [0.4, 0.5) is 4.79 Å². The van der Waals surface area contributed by atoms with Crippen LogP contribution in [0.3, 0.4) is 0 Å². The van der Waals surface area contributed by atoms with Crippen molar-refractivity contribution in [2.45, 2.75) is 0 Å². The number of fused-ring (bicyclic) bond motifs is 1. The molecule has 7 heteroatoms. The molecule has 1 aliphatic rings. The minimum atomic E-state index is -1.45. The number of aromatic hydroxyl groups is 1. The molecule has 0 heterocycles. The van der Waals surface area contributed by atoms with Gasteiger partial charge in [-0.3, -0.25) is 4.79 Å². The molecule has 2 aromatic rings. The van der Waals surface area contributed by atoms with Gasteiger partial charge in [-0.1, -0.05) is 23.2 Å². The lowest BCUT2D eigenvalue weighted by atomic mass is 9.90. The first kappa shape index (κ1) is 15.4. The molecule has 3 rings (SSSR count). The summed E-state index contributed by atoms with van der Waals surface area (Å²) in [5.41, 5.74) is 1.27. The van der Waals surface area contributed by atoms with Gasteiger partial charge in [-0.2, -0.15) is 0 Å². The summed E-state index contributed by atoms with van der Waals surface area (Å²) in [6.07, 6.45) is 0.0119. The van der Waals surface area contributed by atoms with Gasteiger partial charge in [0.05, 0.1) is 10.6 Å². The highest BCUT2D eigenvalue weighted by Crippen LogP contribution is 2.38. The molecule has 2 N–H and O–H groups in total. The van der Waals surface area contributed by atoms with E-state index in [4.69, 9.17) is 28.3 Å². The molecular formula is C16H8Cl2O5. The monoisotopic (exact) mass is 350 g/mol. The Hall–Kier alpha value is -2.50. The van der Waals surface area contributed by atoms with E-state index >= 15 is 0 Å². The van der Waals surface area contributed by atoms with E-state index in [1.165, 1.54) is 36.4 Å². The highest BCUT2D eigenvalue weighted by Gasteiger charge is 2.25. The predicted octanol–water partition coefficient (Wildman–Crippen LogP) is 4.44. The first-order valence-corrected chi connectivity index (χ1v) is 7.12. The summed E-state index contributed by atoms with van der Waals surface area (Å²) in [7, 11) is 0. The summed E-state index contributed by atoms with van der Waals surface area (Å²) in [5.74, 6) is -0.640. The van der Waals surface area contributed by atoms with Crippen LogP contribution in [0.15, 0.2) is 30.3 Å². The maximum atomic E-state index is 12.5. The third kappa shape index (κ3) is 2.76. The average molecular weight is 351 g/mol. The molecule has 0 aromatic heterocycles. The third-order valence-corrected chi connectivity index (χ3v) is 3.89. The van der Waals surface area contributed by atoms with E-state index in [1.807, 2.05) is 0 Å². The molecular weight excluding hydrogens is 343 g/mol. The Labute approximate surface area is 140 Å². The number of rotatable bonds is 3. The summed E-state index contributed by atoms with van der Waals surface area (Å²) >= 11 is 11.8. The maximum Gasteiger partial charge on any atom is 0.511 e. The maximum absolute atomic E-state index is 12.5. The molecule has 5 nitrogen and oxygen atoms in total. The second-order valence-electron chi connectivity index (χ2n) is 4.79. The van der Waals surface area contributed by atoms with Crippen molar-refractivity contribution < 1.29 is 24.5 Å². The third-order valence-electron chi connectivity index (χ3n) is 3.34. The topological polar surface area (TPSA) is 83.8 Å². The Bertz CT molecular complexity index is 886. The number of phenols is 1. The van der Waals surface area contributed by atoms with E-state index in [2.05, 4.69) is 4.74 Å². The summed E-state index contributed by atoms with van der Waals surface area (Å²) in [5, 5.41) is 19.2. The SMILES string of the molecule is O=C(O)OC1=Cc2cc(C(=O)c3ccc(Cl)cc3Cl)c(O)cc21. The zero-order valence-electron chi connectivity index (χ0n) is 11.3. The summed E-state index contributed by atoms with van der Waals surface area (Å²) in [6, 6.07) is 7.17. The fourth-order valence-electron chi connectivity index (χ4n) is 2.26. The number of ether oxygens (including phenoxy) is 1. The number of ketones is 1. The lowest BCUT2D eigenvalue weighted by molar-refractivity contribution is 0.103. The summed E-state index contributed by atoms with van der Waals surface area (Å²) in [4.78, 5) is 23.0. The molecule has 0 atom stereocenters. The van der Waals surface area contributed by atoms with Crippen molar-refractivity contribution in [3.8, 4) is 5.75 Å². The first-order chi connectivity index (χ1) is 10.9. The molecule has 23 heavy (non-hydrogen) atoms. The van der Waals surface area contributed by atoms with Crippen molar-refractivity contribution >= 4 is 47.0 Å². The van der Waals surface area contributed by atoms with Crippen molar-refractivity contribution in [3.63, 3.8) is 0 Å². The number of carbonyl (C=O) groups is 2. The van der Waals surface area contributed by atoms with E-state index in [9.17, 15) is 14.7 Å². The van der Waals surface area contributed by atoms with Gasteiger partial charge in [-0.05, 0) is 42.0 Å². The Balaban J connectivity index is 1.97. The number of hydrogen-bond donors (Lipinski definition) is 2. The van der Waals surface area contributed by atoms with Crippen LogP contribution in [-0.4, -0.2) is 22.2 Å². The Morgan fingerprint density at radius 2 is 1.78 bits per heavy atom. The van der Waals surface area contributed by atoms with E-state index in [0.717, 1.165) is 0 Å². The Morgan fingerprint density at radius 3 is 2.43 bits per heavy atom. The second kappa shape index (κ2) is 5.61. The highest BCUT2D eigenvalue weighted by molar-refractivity contribution is 6.37. The molecule has 0 fully saturated rings. The fourth-order valence-corrected chi connectivity index (χ4v) is 2.75. The lowest BCUT2D eigenvalue weighted by Gasteiger charge is -2.19. The van der Waals surface area contributed by atoms with E-state index < -0.39 is 11.9 Å². The first-order valence-electron chi connectivity index (χ1n) is 6.36. The zero-order valence-corrected chi connectivity index (χ0v) is 12.9. The number of carbonyl (C=O) groups excluding carboxylic acids is 1. The Morgan fingerprint density at radius 1 is 1.04 bits per heavy atom. The minimum absolute atomic E-state index is 0.0543. The van der Waals surface area contributed by atoms with Gasteiger partial charge < -0.3 is 14.9 Å². The second-order valence-corrected chi connectivity index (χ2v) is 5.63. The van der Waals surface area contributed by atoms with Gasteiger partial charge >= 0.3 is 6.16 Å². The van der Waals surface area contributed by atoms with Gasteiger partial charge in [0.25, 0.3) is 0 Å². The molecule has 2 aromatic carbocycles. The molecule has 0 radical (unpaired) electrons. The number of benzene rings is 2. The number of carboxylic acid groups (broad SMARTS) is 1. The van der Waals surface area contributed by atoms with Crippen LogP contribution >= 0.6 is 23.2 Å². The summed E-state index contributed by atoms with van der Waals surface area (Å²) in [6.45, 7) is 0. The average Bonchev–Trinajstić information content (AvgIpc) is 2.46. The van der Waals surface area contributed by atoms with Gasteiger partial charge in [0, 0.05) is 16.1 Å². The van der Waals surface area contributed by atoms with Crippen LogP contribution < -0.4 is 0 Å². The summed E-state index contributed by atoms with van der Waals surface area (Å²) < 4.78 is 4.53. The lowest BCUT2D eigenvalue weighted by Crippen LogP contribution is -2.10. The molecule has 0 unspecified atom stereocenters. The minimum Gasteiger partial charge on any atom is -0.507 e.